The highest BCUT2D eigenvalue weighted by molar-refractivity contribution is 5.65. The van der Waals surface area contributed by atoms with Gasteiger partial charge in [-0.2, -0.15) is 0 Å². The molecule has 21 heavy (non-hydrogen) atoms. The Hall–Kier alpha value is -1.86. The van der Waals surface area contributed by atoms with Crippen molar-refractivity contribution >= 4 is 17.3 Å². The Labute approximate surface area is 123 Å². The van der Waals surface area contributed by atoms with Gasteiger partial charge in [-0.15, -0.1) is 0 Å². The summed E-state index contributed by atoms with van der Waals surface area (Å²) in [5, 5.41) is 17.0. The first kappa shape index (κ1) is 14.1. The SMILES string of the molecule is CCNc1cn2ccnc2c(NCC2(O)CCOC2C)n1. The third-order valence-electron chi connectivity index (χ3n) is 3.95. The summed E-state index contributed by atoms with van der Waals surface area (Å²) in [5.41, 5.74) is -0.119. The Balaban J connectivity index is 1.84. The molecule has 114 valence electrons. The number of hydrogen-bond donors (Lipinski definition) is 3. The smallest absolute Gasteiger partial charge is 0.180 e. The minimum absolute atomic E-state index is 0.183. The summed E-state index contributed by atoms with van der Waals surface area (Å²) in [6.07, 6.45) is 5.94. The summed E-state index contributed by atoms with van der Waals surface area (Å²) in [4.78, 5) is 8.83. The first-order valence-electron chi connectivity index (χ1n) is 7.28. The third kappa shape index (κ3) is 2.66. The highest BCUT2D eigenvalue weighted by atomic mass is 16.5. The molecule has 2 unspecified atom stereocenters. The number of nitrogens with zero attached hydrogens (tertiary/aromatic N) is 3. The van der Waals surface area contributed by atoms with Gasteiger partial charge in [0, 0.05) is 38.5 Å². The van der Waals surface area contributed by atoms with Gasteiger partial charge in [0.1, 0.15) is 11.4 Å². The van der Waals surface area contributed by atoms with Crippen molar-refractivity contribution in [2.24, 2.45) is 0 Å². The number of ether oxygens (including phenoxy) is 1. The van der Waals surface area contributed by atoms with E-state index < -0.39 is 5.60 Å². The zero-order valence-electron chi connectivity index (χ0n) is 12.3. The van der Waals surface area contributed by atoms with E-state index in [1.54, 1.807) is 6.20 Å². The fraction of sp³-hybridized carbons (Fsp3) is 0.571. The fourth-order valence-electron chi connectivity index (χ4n) is 2.56. The molecule has 3 heterocycles. The maximum absolute atomic E-state index is 10.6. The summed E-state index contributed by atoms with van der Waals surface area (Å²) in [5.74, 6) is 1.43. The molecule has 1 aliphatic heterocycles. The van der Waals surface area contributed by atoms with Crippen LogP contribution in [0.4, 0.5) is 11.6 Å². The standard InChI is InChI=1S/C14H21N5O2/c1-3-15-11-8-19-6-5-16-13(19)12(18-11)17-9-14(20)4-7-21-10(14)2/h5-6,8,10,15,20H,3-4,7,9H2,1-2H3,(H,17,18). The van der Waals surface area contributed by atoms with E-state index in [-0.39, 0.29) is 6.10 Å². The van der Waals surface area contributed by atoms with Crippen LogP contribution in [0.25, 0.3) is 5.65 Å². The number of nitrogens with one attached hydrogen (secondary N) is 2. The van der Waals surface area contributed by atoms with Gasteiger partial charge in [-0.25, -0.2) is 9.97 Å². The van der Waals surface area contributed by atoms with Crippen LogP contribution in [0.5, 0.6) is 0 Å². The molecule has 2 aromatic heterocycles. The number of fused-ring (bicyclic) bond motifs is 1. The summed E-state index contributed by atoms with van der Waals surface area (Å²) in [6.45, 7) is 5.68. The molecule has 1 aliphatic rings. The van der Waals surface area contributed by atoms with Crippen LogP contribution in [0, 0.1) is 0 Å². The van der Waals surface area contributed by atoms with E-state index >= 15 is 0 Å². The van der Waals surface area contributed by atoms with E-state index in [0.717, 1.165) is 18.0 Å². The average molecular weight is 291 g/mol. The van der Waals surface area contributed by atoms with Crippen molar-refractivity contribution in [2.75, 3.05) is 30.3 Å². The van der Waals surface area contributed by atoms with Crippen LogP contribution >= 0.6 is 0 Å². The lowest BCUT2D eigenvalue weighted by Gasteiger charge is -2.26. The van der Waals surface area contributed by atoms with Gasteiger partial charge >= 0.3 is 0 Å². The normalized spacial score (nSPS) is 25.4. The largest absolute Gasteiger partial charge is 0.385 e. The molecular formula is C14H21N5O2. The van der Waals surface area contributed by atoms with Gasteiger partial charge in [0.25, 0.3) is 0 Å². The first-order valence-corrected chi connectivity index (χ1v) is 7.28. The van der Waals surface area contributed by atoms with Gasteiger partial charge < -0.3 is 24.9 Å². The maximum atomic E-state index is 10.6. The average Bonchev–Trinajstić information content (AvgIpc) is 3.05. The van der Waals surface area contributed by atoms with Crippen molar-refractivity contribution < 1.29 is 9.84 Å². The highest BCUT2D eigenvalue weighted by Crippen LogP contribution is 2.26. The number of rotatable bonds is 5. The number of anilines is 2. The lowest BCUT2D eigenvalue weighted by molar-refractivity contribution is -0.0176. The summed E-state index contributed by atoms with van der Waals surface area (Å²) >= 11 is 0. The van der Waals surface area contributed by atoms with Gasteiger partial charge in [-0.1, -0.05) is 0 Å². The molecule has 1 fully saturated rings. The molecule has 0 saturated carbocycles. The fourth-order valence-corrected chi connectivity index (χ4v) is 2.56. The number of imidazole rings is 1. The molecule has 3 N–H and O–H groups in total. The molecule has 0 aliphatic carbocycles. The van der Waals surface area contributed by atoms with Crippen LogP contribution in [-0.2, 0) is 4.74 Å². The molecule has 2 atom stereocenters. The Bertz CT molecular complexity index is 629. The zero-order chi connectivity index (χ0) is 14.9. The van der Waals surface area contributed by atoms with Gasteiger partial charge in [0.2, 0.25) is 0 Å². The molecule has 7 nitrogen and oxygen atoms in total. The molecule has 7 heteroatoms. The first-order chi connectivity index (χ1) is 10.1. The van der Waals surface area contributed by atoms with Gasteiger partial charge in [-0.05, 0) is 13.8 Å². The maximum Gasteiger partial charge on any atom is 0.180 e. The lowest BCUT2D eigenvalue weighted by Crippen LogP contribution is -2.43. The van der Waals surface area contributed by atoms with Gasteiger partial charge in [0.05, 0.1) is 12.3 Å². The summed E-state index contributed by atoms with van der Waals surface area (Å²) in [6, 6.07) is 0. The molecule has 0 spiro atoms. The van der Waals surface area contributed by atoms with Crippen LogP contribution in [-0.4, -0.2) is 50.9 Å². The van der Waals surface area contributed by atoms with Crippen molar-refractivity contribution in [2.45, 2.75) is 32.0 Å². The Morgan fingerprint density at radius 1 is 1.52 bits per heavy atom. The quantitative estimate of drug-likeness (QED) is 0.765. The second-order valence-corrected chi connectivity index (χ2v) is 5.38. The highest BCUT2D eigenvalue weighted by Gasteiger charge is 2.39. The molecule has 0 bridgehead atoms. The van der Waals surface area contributed by atoms with Crippen molar-refractivity contribution in [3.63, 3.8) is 0 Å². The van der Waals surface area contributed by atoms with Crippen molar-refractivity contribution in [3.8, 4) is 0 Å². The van der Waals surface area contributed by atoms with Crippen molar-refractivity contribution in [1.29, 1.82) is 0 Å². The molecule has 0 amide bonds. The monoisotopic (exact) mass is 291 g/mol. The Morgan fingerprint density at radius 2 is 2.38 bits per heavy atom. The molecular weight excluding hydrogens is 270 g/mol. The van der Waals surface area contributed by atoms with E-state index in [2.05, 4.69) is 20.6 Å². The van der Waals surface area contributed by atoms with Crippen LogP contribution in [0.1, 0.15) is 20.3 Å². The second kappa shape index (κ2) is 5.50. The summed E-state index contributed by atoms with van der Waals surface area (Å²) in [7, 11) is 0. The Kier molecular flexibility index (Phi) is 3.69. The second-order valence-electron chi connectivity index (χ2n) is 5.38. The van der Waals surface area contributed by atoms with Gasteiger partial charge in [-0.3, -0.25) is 0 Å². The van der Waals surface area contributed by atoms with E-state index in [4.69, 9.17) is 4.74 Å². The van der Waals surface area contributed by atoms with Crippen LogP contribution in [0.2, 0.25) is 0 Å². The molecule has 0 aromatic carbocycles. The zero-order valence-corrected chi connectivity index (χ0v) is 12.3. The molecule has 1 saturated heterocycles. The van der Waals surface area contributed by atoms with E-state index in [1.165, 1.54) is 0 Å². The minimum Gasteiger partial charge on any atom is -0.385 e. The van der Waals surface area contributed by atoms with E-state index in [0.29, 0.717) is 25.4 Å². The predicted molar refractivity (Wildman–Crippen MR) is 80.6 cm³/mol. The molecule has 2 aromatic rings. The number of aromatic nitrogens is 3. The van der Waals surface area contributed by atoms with Crippen LogP contribution < -0.4 is 10.6 Å². The van der Waals surface area contributed by atoms with Crippen LogP contribution in [0.15, 0.2) is 18.6 Å². The van der Waals surface area contributed by atoms with Crippen molar-refractivity contribution in [3.05, 3.63) is 18.6 Å². The van der Waals surface area contributed by atoms with Crippen LogP contribution in [0.3, 0.4) is 0 Å². The van der Waals surface area contributed by atoms with Gasteiger partial charge in [0.15, 0.2) is 11.5 Å². The third-order valence-corrected chi connectivity index (χ3v) is 3.95. The minimum atomic E-state index is -0.862. The molecule has 0 radical (unpaired) electrons. The lowest BCUT2D eigenvalue weighted by atomic mass is 9.97. The van der Waals surface area contributed by atoms with E-state index in [1.807, 2.05) is 30.6 Å². The summed E-state index contributed by atoms with van der Waals surface area (Å²) < 4.78 is 7.36. The molecule has 3 rings (SSSR count). The predicted octanol–water partition coefficient (Wildman–Crippen LogP) is 1.11. The topological polar surface area (TPSA) is 83.7 Å². The Morgan fingerprint density at radius 3 is 3.10 bits per heavy atom. The van der Waals surface area contributed by atoms with Crippen molar-refractivity contribution in [1.82, 2.24) is 14.4 Å². The number of aliphatic hydroxyl groups is 1. The van der Waals surface area contributed by atoms with E-state index in [9.17, 15) is 5.11 Å². The number of hydrogen-bond acceptors (Lipinski definition) is 6.